The average Bonchev–Trinajstić information content (AvgIpc) is 3.05. The van der Waals surface area contributed by atoms with E-state index in [1.54, 1.807) is 23.5 Å². The minimum Gasteiger partial charge on any atom is -0.389 e. The molecule has 1 aliphatic carbocycles. The first-order valence-electron chi connectivity index (χ1n) is 9.36. The van der Waals surface area contributed by atoms with Gasteiger partial charge in [0.25, 0.3) is 0 Å². The molecular formula is C19H22N4O4. The standard InChI is InChI=1S/C19H22N4O4/c24-16-7-23(19(26)18-12-8-27-9-13(12)18)6-15(16)22-17(25)3-10-4-21-14-5-20-2-1-11(10)14/h1-2,4-5,12-13,15-16,18,21,24H,3,6-9H2,(H,22,25)/t12-,13+,15-,16-,18?/m1/s1. The third-order valence-electron chi connectivity index (χ3n) is 6.10. The quantitative estimate of drug-likeness (QED) is 0.684. The van der Waals surface area contributed by atoms with Gasteiger partial charge >= 0.3 is 0 Å². The van der Waals surface area contributed by atoms with Gasteiger partial charge in [0.05, 0.1) is 43.5 Å². The Morgan fingerprint density at radius 1 is 1.33 bits per heavy atom. The van der Waals surface area contributed by atoms with Gasteiger partial charge in [0, 0.05) is 36.8 Å². The summed E-state index contributed by atoms with van der Waals surface area (Å²) in [5, 5.41) is 14.2. The smallest absolute Gasteiger partial charge is 0.226 e. The van der Waals surface area contributed by atoms with E-state index in [2.05, 4.69) is 15.3 Å². The van der Waals surface area contributed by atoms with Crippen molar-refractivity contribution in [3.05, 3.63) is 30.2 Å². The lowest BCUT2D eigenvalue weighted by Gasteiger charge is -2.18. The summed E-state index contributed by atoms with van der Waals surface area (Å²) < 4.78 is 5.34. The molecule has 0 radical (unpaired) electrons. The predicted molar refractivity (Wildman–Crippen MR) is 95.6 cm³/mol. The Hall–Kier alpha value is -2.45. The lowest BCUT2D eigenvalue weighted by atomic mass is 10.1. The zero-order valence-electron chi connectivity index (χ0n) is 14.8. The van der Waals surface area contributed by atoms with E-state index in [4.69, 9.17) is 4.74 Å². The van der Waals surface area contributed by atoms with E-state index >= 15 is 0 Å². The summed E-state index contributed by atoms with van der Waals surface area (Å²) in [6.07, 6.45) is 4.70. The molecule has 0 bridgehead atoms. The van der Waals surface area contributed by atoms with Crippen LogP contribution in [0, 0.1) is 17.8 Å². The number of ether oxygens (including phenoxy) is 1. The first kappa shape index (κ1) is 16.7. The second-order valence-corrected chi connectivity index (χ2v) is 7.79. The van der Waals surface area contributed by atoms with Crippen LogP contribution in [-0.2, 0) is 20.7 Å². The van der Waals surface area contributed by atoms with Crippen LogP contribution in [0.5, 0.6) is 0 Å². The highest BCUT2D eigenvalue weighted by Crippen LogP contribution is 2.51. The van der Waals surface area contributed by atoms with Gasteiger partial charge < -0.3 is 25.0 Å². The van der Waals surface area contributed by atoms with Gasteiger partial charge in [-0.05, 0) is 23.5 Å². The van der Waals surface area contributed by atoms with Crippen molar-refractivity contribution in [1.29, 1.82) is 0 Å². The van der Waals surface area contributed by atoms with Crippen LogP contribution in [0.15, 0.2) is 24.7 Å². The fourth-order valence-electron chi connectivity index (χ4n) is 4.53. The number of hydrogen-bond donors (Lipinski definition) is 3. The molecule has 3 fully saturated rings. The number of pyridine rings is 1. The van der Waals surface area contributed by atoms with Crippen LogP contribution in [0.1, 0.15) is 5.56 Å². The normalized spacial score (nSPS) is 31.9. The SMILES string of the molecule is O=C(Cc1c[nH]c2cnccc12)N[C@@H]1CN(C(=O)C2[C@H]3COC[C@@H]23)C[C@H]1O. The molecule has 8 heteroatoms. The molecule has 2 aromatic rings. The van der Waals surface area contributed by atoms with Gasteiger partial charge in [-0.3, -0.25) is 14.6 Å². The number of nitrogens with one attached hydrogen (secondary N) is 2. The average molecular weight is 370 g/mol. The maximum atomic E-state index is 12.6. The van der Waals surface area contributed by atoms with Crippen molar-refractivity contribution in [3.63, 3.8) is 0 Å². The Morgan fingerprint density at radius 2 is 2.15 bits per heavy atom. The first-order chi connectivity index (χ1) is 13.1. The number of likely N-dealkylation sites (tertiary alicyclic amines) is 1. The number of hydrogen-bond acceptors (Lipinski definition) is 5. The van der Waals surface area contributed by atoms with Gasteiger partial charge in [0.15, 0.2) is 0 Å². The minimum atomic E-state index is -0.736. The molecule has 2 amide bonds. The molecule has 0 spiro atoms. The second kappa shape index (κ2) is 6.31. The molecule has 142 valence electrons. The number of aromatic nitrogens is 2. The third kappa shape index (κ3) is 2.89. The summed E-state index contributed by atoms with van der Waals surface area (Å²) in [6, 6.07) is 1.44. The Balaban J connectivity index is 1.19. The molecule has 0 aromatic carbocycles. The molecule has 2 aromatic heterocycles. The number of aromatic amines is 1. The topological polar surface area (TPSA) is 108 Å². The zero-order chi connectivity index (χ0) is 18.5. The van der Waals surface area contributed by atoms with Gasteiger partial charge in [0.1, 0.15) is 0 Å². The third-order valence-corrected chi connectivity index (χ3v) is 6.10. The highest BCUT2D eigenvalue weighted by molar-refractivity contribution is 5.88. The number of H-pyrrole nitrogens is 1. The van der Waals surface area contributed by atoms with Crippen LogP contribution >= 0.6 is 0 Å². The lowest BCUT2D eigenvalue weighted by Crippen LogP contribution is -2.43. The Morgan fingerprint density at radius 3 is 2.96 bits per heavy atom. The molecule has 5 atom stereocenters. The van der Waals surface area contributed by atoms with Crippen LogP contribution < -0.4 is 5.32 Å². The summed E-state index contributed by atoms with van der Waals surface area (Å²) in [7, 11) is 0. The van der Waals surface area contributed by atoms with Gasteiger partial charge in [-0.1, -0.05) is 0 Å². The molecule has 1 saturated carbocycles. The van der Waals surface area contributed by atoms with Crippen LogP contribution in [0.25, 0.3) is 10.9 Å². The lowest BCUT2D eigenvalue weighted by molar-refractivity contribution is -0.133. The van der Waals surface area contributed by atoms with E-state index in [1.807, 2.05) is 6.07 Å². The predicted octanol–water partition coefficient (Wildman–Crippen LogP) is -0.314. The number of aliphatic hydroxyl groups is 1. The number of amides is 2. The number of aliphatic hydroxyl groups excluding tert-OH is 1. The highest BCUT2D eigenvalue weighted by Gasteiger charge is 2.59. The van der Waals surface area contributed by atoms with Gasteiger partial charge in [-0.2, -0.15) is 0 Å². The van der Waals surface area contributed by atoms with E-state index in [0.29, 0.717) is 31.6 Å². The zero-order valence-corrected chi connectivity index (χ0v) is 14.8. The molecule has 4 heterocycles. The van der Waals surface area contributed by atoms with Gasteiger partial charge in [0.2, 0.25) is 11.8 Å². The fraction of sp³-hybridized carbons (Fsp3) is 0.526. The van der Waals surface area contributed by atoms with Crippen molar-refractivity contribution >= 4 is 22.7 Å². The number of β-amino-alcohol motifs (C(OH)–C–C–N with tert-alkyl or cyclic N) is 1. The molecule has 27 heavy (non-hydrogen) atoms. The molecule has 8 nitrogen and oxygen atoms in total. The first-order valence-corrected chi connectivity index (χ1v) is 9.36. The summed E-state index contributed by atoms with van der Waals surface area (Å²) >= 11 is 0. The molecule has 3 aliphatic rings. The molecule has 2 saturated heterocycles. The van der Waals surface area contributed by atoms with Crippen molar-refractivity contribution in [1.82, 2.24) is 20.2 Å². The van der Waals surface area contributed by atoms with E-state index < -0.39 is 12.1 Å². The number of nitrogens with zero attached hydrogens (tertiary/aromatic N) is 2. The number of carbonyl (C=O) groups is 2. The van der Waals surface area contributed by atoms with E-state index in [0.717, 1.165) is 16.5 Å². The molecule has 3 N–H and O–H groups in total. The van der Waals surface area contributed by atoms with Crippen LogP contribution in [0.4, 0.5) is 0 Å². The Kier molecular flexibility index (Phi) is 3.91. The van der Waals surface area contributed by atoms with Crippen LogP contribution in [-0.4, -0.2) is 70.2 Å². The second-order valence-electron chi connectivity index (χ2n) is 7.79. The molecule has 1 unspecified atom stereocenters. The molecule has 5 rings (SSSR count). The van der Waals surface area contributed by atoms with E-state index in [9.17, 15) is 14.7 Å². The fourth-order valence-corrected chi connectivity index (χ4v) is 4.53. The maximum Gasteiger partial charge on any atom is 0.226 e. The van der Waals surface area contributed by atoms with Gasteiger partial charge in [-0.25, -0.2) is 0 Å². The maximum absolute atomic E-state index is 12.6. The van der Waals surface area contributed by atoms with Crippen molar-refractivity contribution in [2.45, 2.75) is 18.6 Å². The Bertz CT molecular complexity index is 887. The van der Waals surface area contributed by atoms with Crippen molar-refractivity contribution in [3.8, 4) is 0 Å². The number of fused-ring (bicyclic) bond motifs is 2. The number of rotatable bonds is 4. The number of carbonyl (C=O) groups excluding carboxylic acids is 2. The van der Waals surface area contributed by atoms with Crippen LogP contribution in [0.2, 0.25) is 0 Å². The van der Waals surface area contributed by atoms with Crippen molar-refractivity contribution in [2.75, 3.05) is 26.3 Å². The monoisotopic (exact) mass is 370 g/mol. The highest BCUT2D eigenvalue weighted by atomic mass is 16.5. The summed E-state index contributed by atoms with van der Waals surface area (Å²) in [5.74, 6) is 0.663. The Labute approximate surface area is 155 Å². The van der Waals surface area contributed by atoms with E-state index in [1.165, 1.54) is 0 Å². The minimum absolute atomic E-state index is 0.0419. The van der Waals surface area contributed by atoms with Crippen molar-refractivity contribution < 1.29 is 19.4 Å². The largest absolute Gasteiger partial charge is 0.389 e. The van der Waals surface area contributed by atoms with E-state index in [-0.39, 0.29) is 30.7 Å². The van der Waals surface area contributed by atoms with Crippen molar-refractivity contribution in [2.24, 2.45) is 17.8 Å². The van der Waals surface area contributed by atoms with Gasteiger partial charge in [-0.15, -0.1) is 0 Å². The molecular weight excluding hydrogens is 348 g/mol. The molecule has 2 aliphatic heterocycles. The summed E-state index contributed by atoms with van der Waals surface area (Å²) in [4.78, 5) is 33.9. The summed E-state index contributed by atoms with van der Waals surface area (Å²) in [5.41, 5.74) is 1.77. The van der Waals surface area contributed by atoms with Crippen LogP contribution in [0.3, 0.4) is 0 Å². The summed E-state index contributed by atoms with van der Waals surface area (Å²) in [6.45, 7) is 1.97.